The molecular formula is C20H17N2O+. The summed E-state index contributed by atoms with van der Waals surface area (Å²) >= 11 is 0. The Morgan fingerprint density at radius 2 is 1.30 bits per heavy atom. The molecule has 0 radical (unpaired) electrons. The largest absolute Gasteiger partial charge is 0.508 e. The van der Waals surface area contributed by atoms with Gasteiger partial charge in [-0.05, 0) is 11.1 Å². The molecular weight excluding hydrogens is 284 g/mol. The van der Waals surface area contributed by atoms with Crippen molar-refractivity contribution in [3.63, 3.8) is 0 Å². The van der Waals surface area contributed by atoms with Crippen LogP contribution in [0.25, 0.3) is 5.57 Å². The molecule has 0 aliphatic heterocycles. The maximum atomic E-state index is 10.7. The van der Waals surface area contributed by atoms with Crippen LogP contribution in [0.3, 0.4) is 0 Å². The van der Waals surface area contributed by atoms with Crippen LogP contribution in [0.2, 0.25) is 0 Å². The van der Waals surface area contributed by atoms with E-state index in [1.54, 1.807) is 0 Å². The van der Waals surface area contributed by atoms with Crippen LogP contribution in [0, 0.1) is 0 Å². The first-order valence-corrected chi connectivity index (χ1v) is 7.62. The van der Waals surface area contributed by atoms with Crippen LogP contribution in [0.15, 0.2) is 97.0 Å². The van der Waals surface area contributed by atoms with Crippen molar-refractivity contribution in [3.05, 3.63) is 108 Å². The van der Waals surface area contributed by atoms with Crippen LogP contribution in [0.4, 0.5) is 0 Å². The molecule has 0 saturated heterocycles. The summed E-state index contributed by atoms with van der Waals surface area (Å²) in [4.78, 5) is 0. The van der Waals surface area contributed by atoms with Gasteiger partial charge in [0, 0.05) is 17.7 Å². The Hall–Kier alpha value is -3.07. The van der Waals surface area contributed by atoms with Gasteiger partial charge in [0.05, 0.1) is 0 Å². The maximum absolute atomic E-state index is 10.7. The van der Waals surface area contributed by atoms with E-state index < -0.39 is 5.54 Å². The number of hydrogen-bond acceptors (Lipinski definition) is 2. The molecule has 1 heterocycles. The zero-order valence-electron chi connectivity index (χ0n) is 12.6. The third-order valence-corrected chi connectivity index (χ3v) is 4.19. The lowest BCUT2D eigenvalue weighted by molar-refractivity contribution is -0.655. The highest BCUT2D eigenvalue weighted by molar-refractivity contribution is 5.94. The van der Waals surface area contributed by atoms with Gasteiger partial charge in [0.2, 0.25) is 5.54 Å². The SMILES string of the molecule is OC1=C(c2ccccc2)C1(N[n+]1ccccc1)c1ccccc1. The number of nitrogens with one attached hydrogen (secondary N) is 1. The molecule has 1 aliphatic carbocycles. The third kappa shape index (κ3) is 2.18. The van der Waals surface area contributed by atoms with Crippen molar-refractivity contribution in [3.8, 4) is 0 Å². The number of aliphatic hydroxyl groups excluding tert-OH is 1. The van der Waals surface area contributed by atoms with E-state index in [0.717, 1.165) is 16.7 Å². The van der Waals surface area contributed by atoms with E-state index in [1.165, 1.54) is 0 Å². The van der Waals surface area contributed by atoms with Crippen molar-refractivity contribution in [2.24, 2.45) is 0 Å². The molecule has 1 aliphatic rings. The quantitative estimate of drug-likeness (QED) is 0.725. The monoisotopic (exact) mass is 301 g/mol. The van der Waals surface area contributed by atoms with Gasteiger partial charge in [0.15, 0.2) is 12.4 Å². The van der Waals surface area contributed by atoms with Gasteiger partial charge < -0.3 is 5.11 Å². The first-order valence-electron chi connectivity index (χ1n) is 7.62. The van der Waals surface area contributed by atoms with Gasteiger partial charge in [-0.25, -0.2) is 0 Å². The molecule has 2 N–H and O–H groups in total. The van der Waals surface area contributed by atoms with Crippen LogP contribution in [0.5, 0.6) is 0 Å². The third-order valence-electron chi connectivity index (χ3n) is 4.19. The number of pyridine rings is 1. The average Bonchev–Trinajstić information content (AvgIpc) is 3.22. The fraction of sp³-hybridized carbons (Fsp3) is 0.0500. The second kappa shape index (κ2) is 5.29. The highest BCUT2D eigenvalue weighted by Gasteiger charge is 2.59. The minimum atomic E-state index is -0.672. The summed E-state index contributed by atoms with van der Waals surface area (Å²) in [5.41, 5.74) is 5.73. The Kier molecular flexibility index (Phi) is 3.12. The van der Waals surface area contributed by atoms with Gasteiger partial charge in [-0.3, -0.25) is 0 Å². The molecule has 112 valence electrons. The second-order valence-corrected chi connectivity index (χ2v) is 5.60. The molecule has 1 aromatic heterocycles. The van der Waals surface area contributed by atoms with Gasteiger partial charge in [-0.1, -0.05) is 71.4 Å². The summed E-state index contributed by atoms with van der Waals surface area (Å²) in [7, 11) is 0. The standard InChI is InChI=1S/C20H16N2O/c23-19-18(16-10-4-1-5-11-16)20(19,17-12-6-2-7-13-17)21-22-14-8-3-9-15-22/h1-15,21H/p+1. The highest BCUT2D eigenvalue weighted by atomic mass is 16.3. The molecule has 1 atom stereocenters. The van der Waals surface area contributed by atoms with Gasteiger partial charge in [-0.2, -0.15) is 5.43 Å². The van der Waals surface area contributed by atoms with E-state index in [1.807, 2.05) is 95.9 Å². The summed E-state index contributed by atoms with van der Waals surface area (Å²) in [6.45, 7) is 0. The van der Waals surface area contributed by atoms with Crippen molar-refractivity contribution in [2.45, 2.75) is 5.54 Å². The van der Waals surface area contributed by atoms with Crippen LogP contribution in [0.1, 0.15) is 11.1 Å². The van der Waals surface area contributed by atoms with E-state index in [4.69, 9.17) is 0 Å². The molecule has 23 heavy (non-hydrogen) atoms. The summed E-state index contributed by atoms with van der Waals surface area (Å²) in [5, 5.41) is 10.7. The first-order chi connectivity index (χ1) is 11.3. The van der Waals surface area contributed by atoms with Crippen molar-refractivity contribution in [1.82, 2.24) is 0 Å². The number of nitrogens with zero attached hydrogens (tertiary/aromatic N) is 1. The predicted octanol–water partition coefficient (Wildman–Crippen LogP) is 3.40. The minimum absolute atomic E-state index is 0.367. The molecule has 2 aromatic carbocycles. The van der Waals surface area contributed by atoms with Crippen molar-refractivity contribution >= 4 is 5.57 Å². The summed E-state index contributed by atoms with van der Waals surface area (Å²) in [5.74, 6) is 0.367. The smallest absolute Gasteiger partial charge is 0.202 e. The molecule has 4 rings (SSSR count). The van der Waals surface area contributed by atoms with Crippen LogP contribution in [-0.2, 0) is 5.54 Å². The number of aliphatic hydroxyl groups is 1. The predicted molar refractivity (Wildman–Crippen MR) is 90.1 cm³/mol. The zero-order chi connectivity index (χ0) is 15.7. The molecule has 0 amide bonds. The first kappa shape index (κ1) is 13.6. The van der Waals surface area contributed by atoms with E-state index in [-0.39, 0.29) is 0 Å². The number of aromatic nitrogens is 1. The lowest BCUT2D eigenvalue weighted by Gasteiger charge is -2.17. The molecule has 3 heteroatoms. The van der Waals surface area contributed by atoms with Gasteiger partial charge in [0.25, 0.3) is 0 Å². The Labute approximate surface area is 135 Å². The molecule has 1 unspecified atom stereocenters. The Morgan fingerprint density at radius 1 is 0.739 bits per heavy atom. The number of hydrogen-bond donors (Lipinski definition) is 2. The van der Waals surface area contributed by atoms with Gasteiger partial charge in [-0.15, -0.1) is 0 Å². The van der Waals surface area contributed by atoms with Crippen molar-refractivity contribution in [2.75, 3.05) is 5.43 Å². The Balaban J connectivity index is 1.79. The fourth-order valence-corrected chi connectivity index (χ4v) is 3.04. The molecule has 0 spiro atoms. The van der Waals surface area contributed by atoms with Crippen molar-refractivity contribution in [1.29, 1.82) is 0 Å². The summed E-state index contributed by atoms with van der Waals surface area (Å²) < 4.78 is 1.87. The minimum Gasteiger partial charge on any atom is -0.508 e. The Morgan fingerprint density at radius 3 is 1.96 bits per heavy atom. The normalized spacial score (nSPS) is 19.5. The highest BCUT2D eigenvalue weighted by Crippen LogP contribution is 2.56. The second-order valence-electron chi connectivity index (χ2n) is 5.60. The molecule has 3 nitrogen and oxygen atoms in total. The van der Waals surface area contributed by atoms with Gasteiger partial charge in [0.1, 0.15) is 5.76 Å². The fourth-order valence-electron chi connectivity index (χ4n) is 3.04. The zero-order valence-corrected chi connectivity index (χ0v) is 12.6. The maximum Gasteiger partial charge on any atom is 0.202 e. The van der Waals surface area contributed by atoms with Crippen LogP contribution in [-0.4, -0.2) is 5.11 Å². The topological polar surface area (TPSA) is 36.1 Å². The average molecular weight is 301 g/mol. The number of rotatable bonds is 4. The summed E-state index contributed by atoms with van der Waals surface area (Å²) in [6.07, 6.45) is 3.86. The lowest BCUT2D eigenvalue weighted by atomic mass is 9.97. The number of benzene rings is 2. The lowest BCUT2D eigenvalue weighted by Crippen LogP contribution is -2.51. The van der Waals surface area contributed by atoms with E-state index in [9.17, 15) is 5.11 Å². The molecule has 3 aromatic rings. The molecule has 0 bridgehead atoms. The van der Waals surface area contributed by atoms with Crippen LogP contribution < -0.4 is 10.1 Å². The van der Waals surface area contributed by atoms with Crippen molar-refractivity contribution < 1.29 is 9.78 Å². The summed E-state index contributed by atoms with van der Waals surface area (Å²) in [6, 6.07) is 25.9. The molecule has 0 fully saturated rings. The Bertz CT molecular complexity index is 845. The van der Waals surface area contributed by atoms with E-state index >= 15 is 0 Å². The van der Waals surface area contributed by atoms with Crippen LogP contribution >= 0.6 is 0 Å². The van der Waals surface area contributed by atoms with E-state index in [0.29, 0.717) is 5.76 Å². The van der Waals surface area contributed by atoms with Gasteiger partial charge >= 0.3 is 0 Å². The van der Waals surface area contributed by atoms with E-state index in [2.05, 4.69) is 5.43 Å². The molecule has 0 saturated carbocycles.